The van der Waals surface area contributed by atoms with Crippen LogP contribution in [0.2, 0.25) is 0 Å². The Bertz CT molecular complexity index is 464. The van der Waals surface area contributed by atoms with Gasteiger partial charge in [-0.1, -0.05) is 13.8 Å². The summed E-state index contributed by atoms with van der Waals surface area (Å²) in [7, 11) is 0. The molecule has 1 N–H and O–H groups in total. The van der Waals surface area contributed by atoms with E-state index in [1.807, 2.05) is 0 Å². The van der Waals surface area contributed by atoms with Crippen LogP contribution in [0.4, 0.5) is 0 Å². The molecule has 1 rings (SSSR count). The molecule has 18 heavy (non-hydrogen) atoms. The van der Waals surface area contributed by atoms with Crippen molar-refractivity contribution < 1.29 is 19.5 Å². The number of carbonyl (C=O) groups is 3. The number of hydrogen-bond acceptors (Lipinski definition) is 4. The number of aliphatic hydroxyl groups excluding tert-OH is 1. The third-order valence-corrected chi connectivity index (χ3v) is 3.53. The summed E-state index contributed by atoms with van der Waals surface area (Å²) in [6.07, 6.45) is 0. The molecule has 0 spiro atoms. The molecule has 0 unspecified atom stereocenters. The van der Waals surface area contributed by atoms with Gasteiger partial charge in [0.2, 0.25) is 0 Å². The second-order valence-corrected chi connectivity index (χ2v) is 6.15. The van der Waals surface area contributed by atoms with Crippen LogP contribution in [0.3, 0.4) is 0 Å². The molecule has 0 heterocycles. The van der Waals surface area contributed by atoms with Crippen LogP contribution in [0.15, 0.2) is 11.3 Å². The number of hydrogen-bond donors (Lipinski definition) is 1. The highest BCUT2D eigenvalue weighted by atomic mass is 16.3. The smallest absolute Gasteiger partial charge is 0.182 e. The summed E-state index contributed by atoms with van der Waals surface area (Å²) in [6, 6.07) is 0. The number of Topliss-reactive ketones (excluding diaryl/α,β-unsaturated/α-hetero) is 3. The number of aliphatic hydroxyl groups is 1. The standard InChI is InChI=1S/C14H20O4/c1-7(2)9(15)8-10(16)13(3,4)12(18)14(5,6)11(8)17/h7,16H,1-6H3. The minimum Gasteiger partial charge on any atom is -0.510 e. The van der Waals surface area contributed by atoms with Crippen molar-refractivity contribution in [2.45, 2.75) is 41.5 Å². The zero-order valence-corrected chi connectivity index (χ0v) is 11.7. The fourth-order valence-electron chi connectivity index (χ4n) is 2.24. The average molecular weight is 252 g/mol. The molecule has 0 aromatic rings. The first kappa shape index (κ1) is 14.6. The van der Waals surface area contributed by atoms with Gasteiger partial charge in [-0.2, -0.15) is 0 Å². The lowest BCUT2D eigenvalue weighted by Gasteiger charge is -2.38. The van der Waals surface area contributed by atoms with Crippen LogP contribution in [-0.4, -0.2) is 22.5 Å². The van der Waals surface area contributed by atoms with Gasteiger partial charge in [0.05, 0.1) is 10.8 Å². The Hall–Kier alpha value is -1.45. The number of rotatable bonds is 2. The van der Waals surface area contributed by atoms with Crippen molar-refractivity contribution in [2.75, 3.05) is 0 Å². The molecule has 0 bridgehead atoms. The molecule has 4 nitrogen and oxygen atoms in total. The Morgan fingerprint density at radius 2 is 1.50 bits per heavy atom. The summed E-state index contributed by atoms with van der Waals surface area (Å²) in [5, 5.41) is 10.1. The maximum absolute atomic E-state index is 12.2. The van der Waals surface area contributed by atoms with Gasteiger partial charge in [0.1, 0.15) is 11.3 Å². The van der Waals surface area contributed by atoms with Crippen molar-refractivity contribution in [3.8, 4) is 0 Å². The van der Waals surface area contributed by atoms with Crippen molar-refractivity contribution in [1.82, 2.24) is 0 Å². The lowest BCUT2D eigenvalue weighted by molar-refractivity contribution is -0.145. The summed E-state index contributed by atoms with van der Waals surface area (Å²) < 4.78 is 0. The first-order valence-electron chi connectivity index (χ1n) is 6.03. The van der Waals surface area contributed by atoms with E-state index in [9.17, 15) is 19.5 Å². The van der Waals surface area contributed by atoms with E-state index >= 15 is 0 Å². The monoisotopic (exact) mass is 252 g/mol. The van der Waals surface area contributed by atoms with Crippen LogP contribution in [0.5, 0.6) is 0 Å². The van der Waals surface area contributed by atoms with Gasteiger partial charge in [0.25, 0.3) is 0 Å². The molecule has 0 fully saturated rings. The predicted molar refractivity (Wildman–Crippen MR) is 67.1 cm³/mol. The molecule has 0 saturated heterocycles. The molecular formula is C14H20O4. The molecule has 1 aliphatic rings. The summed E-state index contributed by atoms with van der Waals surface area (Å²) in [4.78, 5) is 36.5. The van der Waals surface area contributed by atoms with E-state index in [2.05, 4.69) is 0 Å². The molecule has 0 amide bonds. The fraction of sp³-hybridized carbons (Fsp3) is 0.643. The molecule has 0 aliphatic heterocycles. The maximum atomic E-state index is 12.2. The van der Waals surface area contributed by atoms with Gasteiger partial charge >= 0.3 is 0 Å². The van der Waals surface area contributed by atoms with Gasteiger partial charge in [-0.25, -0.2) is 0 Å². The quantitative estimate of drug-likeness (QED) is 0.604. The second kappa shape index (κ2) is 4.04. The van der Waals surface area contributed by atoms with Crippen molar-refractivity contribution >= 4 is 17.3 Å². The maximum Gasteiger partial charge on any atom is 0.182 e. The van der Waals surface area contributed by atoms with Gasteiger partial charge in [0, 0.05) is 5.92 Å². The van der Waals surface area contributed by atoms with Crippen LogP contribution in [-0.2, 0) is 14.4 Å². The van der Waals surface area contributed by atoms with Crippen LogP contribution >= 0.6 is 0 Å². The molecule has 0 aromatic heterocycles. The Morgan fingerprint density at radius 1 is 1.06 bits per heavy atom. The van der Waals surface area contributed by atoms with Crippen LogP contribution in [0.1, 0.15) is 41.5 Å². The average Bonchev–Trinajstić information content (AvgIpc) is 2.25. The highest BCUT2D eigenvalue weighted by molar-refractivity contribution is 6.30. The minimum absolute atomic E-state index is 0.209. The highest BCUT2D eigenvalue weighted by Crippen LogP contribution is 2.43. The van der Waals surface area contributed by atoms with Crippen molar-refractivity contribution in [3.63, 3.8) is 0 Å². The van der Waals surface area contributed by atoms with Gasteiger partial charge in [-0.05, 0) is 27.7 Å². The fourth-order valence-corrected chi connectivity index (χ4v) is 2.24. The number of ketones is 3. The van der Waals surface area contributed by atoms with Crippen LogP contribution in [0, 0.1) is 16.7 Å². The topological polar surface area (TPSA) is 71.4 Å². The Labute approximate surface area is 107 Å². The van der Waals surface area contributed by atoms with Crippen molar-refractivity contribution in [1.29, 1.82) is 0 Å². The van der Waals surface area contributed by atoms with E-state index in [-0.39, 0.29) is 11.4 Å². The Kier molecular flexibility index (Phi) is 3.28. The summed E-state index contributed by atoms with van der Waals surface area (Å²) in [5.74, 6) is -2.14. The van der Waals surface area contributed by atoms with Gasteiger partial charge in [-0.15, -0.1) is 0 Å². The van der Waals surface area contributed by atoms with E-state index in [4.69, 9.17) is 0 Å². The Balaban J connectivity index is 3.57. The van der Waals surface area contributed by atoms with Crippen molar-refractivity contribution in [2.24, 2.45) is 16.7 Å². The summed E-state index contributed by atoms with van der Waals surface area (Å²) in [6.45, 7) is 9.39. The summed E-state index contributed by atoms with van der Waals surface area (Å²) in [5.41, 5.74) is -2.67. The molecule has 0 saturated carbocycles. The Morgan fingerprint density at radius 3 is 1.89 bits per heavy atom. The number of allylic oxidation sites excluding steroid dienone is 2. The number of carbonyl (C=O) groups excluding carboxylic acids is 3. The van der Waals surface area contributed by atoms with E-state index in [1.54, 1.807) is 13.8 Å². The normalized spacial score (nSPS) is 22.6. The molecule has 4 heteroatoms. The van der Waals surface area contributed by atoms with E-state index in [0.29, 0.717) is 0 Å². The second-order valence-electron chi connectivity index (χ2n) is 6.15. The lowest BCUT2D eigenvalue weighted by atomic mass is 9.62. The van der Waals surface area contributed by atoms with E-state index in [1.165, 1.54) is 27.7 Å². The molecule has 1 aliphatic carbocycles. The van der Waals surface area contributed by atoms with E-state index < -0.39 is 34.1 Å². The third-order valence-electron chi connectivity index (χ3n) is 3.53. The zero-order valence-electron chi connectivity index (χ0n) is 11.7. The first-order valence-corrected chi connectivity index (χ1v) is 6.03. The van der Waals surface area contributed by atoms with Gasteiger partial charge in [0.15, 0.2) is 17.3 Å². The van der Waals surface area contributed by atoms with Gasteiger partial charge in [-0.3, -0.25) is 14.4 Å². The zero-order chi connectivity index (χ0) is 14.5. The van der Waals surface area contributed by atoms with Crippen molar-refractivity contribution in [3.05, 3.63) is 11.3 Å². The largest absolute Gasteiger partial charge is 0.510 e. The highest BCUT2D eigenvalue weighted by Gasteiger charge is 2.54. The minimum atomic E-state index is -1.27. The van der Waals surface area contributed by atoms with Crippen LogP contribution < -0.4 is 0 Å². The van der Waals surface area contributed by atoms with Crippen LogP contribution in [0.25, 0.3) is 0 Å². The lowest BCUT2D eigenvalue weighted by Crippen LogP contribution is -2.50. The molecule has 0 radical (unpaired) electrons. The summed E-state index contributed by atoms with van der Waals surface area (Å²) >= 11 is 0. The first-order chi connectivity index (χ1) is 7.95. The molecule has 0 atom stereocenters. The molecule has 0 aromatic carbocycles. The third kappa shape index (κ3) is 1.80. The SMILES string of the molecule is CC(C)C(=O)C1=C(O)C(C)(C)C(=O)C(C)(C)C1=O. The molecule has 100 valence electrons. The van der Waals surface area contributed by atoms with E-state index in [0.717, 1.165) is 0 Å². The van der Waals surface area contributed by atoms with Gasteiger partial charge < -0.3 is 5.11 Å². The molecular weight excluding hydrogens is 232 g/mol. The predicted octanol–water partition coefficient (Wildman–Crippen LogP) is 2.23.